The summed E-state index contributed by atoms with van der Waals surface area (Å²) in [5, 5.41) is 0.588. The number of anilines is 1. The standard InChI is InChI=1S/C28H28ClN3O3/c1-34-25-14-6-7-15-26(25)35-17-9-8-16-31-24-13-5-3-11-22(24)30-28(31)20-18-27(33)32(19-20)23-12-4-2-10-21(23)29/h2-7,10-15,20H,8-9,16-19H2,1H3/t20-/m0/s1. The molecular formula is C28H28ClN3O3. The highest BCUT2D eigenvalue weighted by Crippen LogP contribution is 2.36. The van der Waals surface area contributed by atoms with Gasteiger partial charge in [-0.3, -0.25) is 4.79 Å². The van der Waals surface area contributed by atoms with E-state index in [0.29, 0.717) is 24.6 Å². The number of para-hydroxylation sites is 5. The molecule has 0 radical (unpaired) electrons. The Balaban J connectivity index is 1.30. The van der Waals surface area contributed by atoms with Gasteiger partial charge in [0, 0.05) is 25.4 Å². The summed E-state index contributed by atoms with van der Waals surface area (Å²) in [5.41, 5.74) is 2.81. The molecule has 1 amide bonds. The van der Waals surface area contributed by atoms with E-state index in [2.05, 4.69) is 10.6 Å². The lowest BCUT2D eigenvalue weighted by atomic mass is 10.1. The van der Waals surface area contributed by atoms with Crippen molar-refractivity contribution in [1.82, 2.24) is 9.55 Å². The molecule has 7 heteroatoms. The maximum absolute atomic E-state index is 12.9. The third-order valence-corrected chi connectivity index (χ3v) is 6.74. The Kier molecular flexibility index (Phi) is 6.91. The highest BCUT2D eigenvalue weighted by atomic mass is 35.5. The lowest BCUT2D eigenvalue weighted by molar-refractivity contribution is -0.117. The third kappa shape index (κ3) is 4.84. The summed E-state index contributed by atoms with van der Waals surface area (Å²) in [4.78, 5) is 19.7. The average molecular weight is 490 g/mol. The number of carbonyl (C=O) groups is 1. The molecule has 1 aliphatic heterocycles. The molecule has 0 unspecified atom stereocenters. The van der Waals surface area contributed by atoms with Gasteiger partial charge in [0.15, 0.2) is 11.5 Å². The van der Waals surface area contributed by atoms with Crippen LogP contribution in [0.3, 0.4) is 0 Å². The number of aromatic nitrogens is 2. The number of ether oxygens (including phenoxy) is 2. The quantitative estimate of drug-likeness (QED) is 0.267. The van der Waals surface area contributed by atoms with Crippen LogP contribution in [-0.4, -0.2) is 35.7 Å². The predicted molar refractivity (Wildman–Crippen MR) is 139 cm³/mol. The molecule has 0 N–H and O–H groups in total. The normalized spacial score (nSPS) is 15.7. The zero-order valence-corrected chi connectivity index (χ0v) is 20.4. The molecule has 0 bridgehead atoms. The Morgan fingerprint density at radius 1 is 0.971 bits per heavy atom. The van der Waals surface area contributed by atoms with Crippen molar-refractivity contribution in [2.45, 2.75) is 31.7 Å². The SMILES string of the molecule is COc1ccccc1OCCCCn1c([C@H]2CC(=O)N(c3ccccc3Cl)C2)nc2ccccc21. The Morgan fingerprint density at radius 2 is 1.71 bits per heavy atom. The average Bonchev–Trinajstić information content (AvgIpc) is 3.45. The molecule has 2 heterocycles. The molecule has 1 saturated heterocycles. The van der Waals surface area contributed by atoms with E-state index in [9.17, 15) is 4.79 Å². The molecule has 1 fully saturated rings. The summed E-state index contributed by atoms with van der Waals surface area (Å²) < 4.78 is 13.6. The predicted octanol–water partition coefficient (Wildman–Crippen LogP) is 6.08. The molecule has 180 valence electrons. The number of nitrogens with zero attached hydrogens (tertiary/aromatic N) is 3. The lowest BCUT2D eigenvalue weighted by Gasteiger charge is -2.18. The highest BCUT2D eigenvalue weighted by molar-refractivity contribution is 6.33. The first-order valence-electron chi connectivity index (χ1n) is 11.9. The molecule has 0 spiro atoms. The summed E-state index contributed by atoms with van der Waals surface area (Å²) in [6.45, 7) is 1.98. The molecule has 0 aliphatic carbocycles. The molecule has 5 rings (SSSR count). The van der Waals surface area contributed by atoms with E-state index in [4.69, 9.17) is 26.1 Å². The van der Waals surface area contributed by atoms with Gasteiger partial charge in [-0.15, -0.1) is 0 Å². The number of rotatable bonds is 9. The number of unbranched alkanes of at least 4 members (excludes halogenated alkanes) is 1. The molecule has 3 aromatic carbocycles. The number of amides is 1. The van der Waals surface area contributed by atoms with Crippen LogP contribution in [0.4, 0.5) is 5.69 Å². The fourth-order valence-electron chi connectivity index (χ4n) is 4.72. The summed E-state index contributed by atoms with van der Waals surface area (Å²) >= 11 is 6.39. The Labute approximate surface area is 210 Å². The van der Waals surface area contributed by atoms with Crippen molar-refractivity contribution in [2.75, 3.05) is 25.2 Å². The van der Waals surface area contributed by atoms with Gasteiger partial charge in [-0.2, -0.15) is 0 Å². The molecule has 4 aromatic rings. The number of benzene rings is 3. The smallest absolute Gasteiger partial charge is 0.227 e. The maximum atomic E-state index is 12.9. The minimum Gasteiger partial charge on any atom is -0.493 e. The third-order valence-electron chi connectivity index (χ3n) is 6.42. The van der Waals surface area contributed by atoms with E-state index in [0.717, 1.165) is 53.4 Å². The van der Waals surface area contributed by atoms with Crippen molar-refractivity contribution in [3.8, 4) is 11.5 Å². The van der Waals surface area contributed by atoms with Crippen LogP contribution in [0.5, 0.6) is 11.5 Å². The van der Waals surface area contributed by atoms with Crippen molar-refractivity contribution in [3.63, 3.8) is 0 Å². The first-order valence-corrected chi connectivity index (χ1v) is 12.3. The molecule has 1 aliphatic rings. The van der Waals surface area contributed by atoms with Crippen LogP contribution in [0, 0.1) is 0 Å². The van der Waals surface area contributed by atoms with Gasteiger partial charge in [-0.25, -0.2) is 4.98 Å². The number of methoxy groups -OCH3 is 1. The van der Waals surface area contributed by atoms with Crippen molar-refractivity contribution in [2.24, 2.45) is 0 Å². The van der Waals surface area contributed by atoms with Gasteiger partial charge >= 0.3 is 0 Å². The van der Waals surface area contributed by atoms with E-state index in [-0.39, 0.29) is 11.8 Å². The van der Waals surface area contributed by atoms with Crippen LogP contribution in [0.25, 0.3) is 11.0 Å². The fraction of sp³-hybridized carbons (Fsp3) is 0.286. The van der Waals surface area contributed by atoms with Gasteiger partial charge in [0.2, 0.25) is 5.91 Å². The highest BCUT2D eigenvalue weighted by Gasteiger charge is 2.35. The van der Waals surface area contributed by atoms with Crippen molar-refractivity contribution in [1.29, 1.82) is 0 Å². The number of hydrogen-bond donors (Lipinski definition) is 0. The van der Waals surface area contributed by atoms with E-state index in [1.54, 1.807) is 12.0 Å². The van der Waals surface area contributed by atoms with E-state index in [1.165, 1.54) is 0 Å². The van der Waals surface area contributed by atoms with Crippen molar-refractivity contribution >= 4 is 34.2 Å². The lowest BCUT2D eigenvalue weighted by Crippen LogP contribution is -2.24. The Morgan fingerprint density at radius 3 is 2.54 bits per heavy atom. The number of fused-ring (bicyclic) bond motifs is 1. The van der Waals surface area contributed by atoms with Crippen LogP contribution in [0.1, 0.15) is 31.0 Å². The monoisotopic (exact) mass is 489 g/mol. The van der Waals surface area contributed by atoms with Gasteiger partial charge in [-0.1, -0.05) is 48.0 Å². The van der Waals surface area contributed by atoms with Gasteiger partial charge in [0.05, 0.1) is 35.5 Å². The van der Waals surface area contributed by atoms with Crippen molar-refractivity contribution < 1.29 is 14.3 Å². The summed E-state index contributed by atoms with van der Waals surface area (Å²) in [5.74, 6) is 2.54. The van der Waals surface area contributed by atoms with Crippen molar-refractivity contribution in [3.05, 3.63) is 83.6 Å². The number of aryl methyl sites for hydroxylation is 1. The van der Waals surface area contributed by atoms with Gasteiger partial charge < -0.3 is 18.9 Å². The van der Waals surface area contributed by atoms with Crippen LogP contribution < -0.4 is 14.4 Å². The first kappa shape index (κ1) is 23.2. The largest absolute Gasteiger partial charge is 0.493 e. The van der Waals surface area contributed by atoms with Gasteiger partial charge in [0.1, 0.15) is 5.82 Å². The molecule has 35 heavy (non-hydrogen) atoms. The number of hydrogen-bond acceptors (Lipinski definition) is 4. The second-order valence-electron chi connectivity index (χ2n) is 8.67. The summed E-state index contributed by atoms with van der Waals surface area (Å²) in [6.07, 6.45) is 2.24. The fourth-order valence-corrected chi connectivity index (χ4v) is 4.95. The second kappa shape index (κ2) is 10.4. The topological polar surface area (TPSA) is 56.6 Å². The maximum Gasteiger partial charge on any atom is 0.227 e. The van der Waals surface area contributed by atoms with Crippen LogP contribution in [-0.2, 0) is 11.3 Å². The molecular weight excluding hydrogens is 462 g/mol. The Bertz CT molecular complexity index is 1340. The Hall–Kier alpha value is -3.51. The minimum atomic E-state index is 0.0102. The van der Waals surface area contributed by atoms with Crippen LogP contribution >= 0.6 is 11.6 Å². The molecule has 1 aromatic heterocycles. The minimum absolute atomic E-state index is 0.0102. The van der Waals surface area contributed by atoms with Crippen LogP contribution in [0.15, 0.2) is 72.8 Å². The molecule has 6 nitrogen and oxygen atoms in total. The van der Waals surface area contributed by atoms with E-state index < -0.39 is 0 Å². The number of halogens is 1. The van der Waals surface area contributed by atoms with E-state index in [1.807, 2.05) is 66.7 Å². The number of imidazole rings is 1. The summed E-state index contributed by atoms with van der Waals surface area (Å²) in [6, 6.07) is 23.3. The zero-order chi connectivity index (χ0) is 24.2. The van der Waals surface area contributed by atoms with Gasteiger partial charge in [0.25, 0.3) is 0 Å². The van der Waals surface area contributed by atoms with Gasteiger partial charge in [-0.05, 0) is 49.2 Å². The van der Waals surface area contributed by atoms with Crippen LogP contribution in [0.2, 0.25) is 5.02 Å². The molecule has 0 saturated carbocycles. The summed E-state index contributed by atoms with van der Waals surface area (Å²) in [7, 11) is 1.65. The van der Waals surface area contributed by atoms with E-state index >= 15 is 0 Å². The second-order valence-corrected chi connectivity index (χ2v) is 9.08. The molecule has 1 atom stereocenters. The zero-order valence-electron chi connectivity index (χ0n) is 19.7. The number of carbonyl (C=O) groups excluding carboxylic acids is 1. The first-order chi connectivity index (χ1) is 17.2.